The smallest absolute Gasteiger partial charge is 0.150 e. The van der Waals surface area contributed by atoms with E-state index in [0.717, 1.165) is 17.7 Å². The summed E-state index contributed by atoms with van der Waals surface area (Å²) in [4.78, 5) is 0. The van der Waals surface area contributed by atoms with E-state index < -0.39 is 0 Å². The van der Waals surface area contributed by atoms with Crippen LogP contribution in [0.5, 0.6) is 11.5 Å². The highest BCUT2D eigenvalue weighted by Gasteiger charge is 2.08. The molecule has 0 aliphatic carbocycles. The molecule has 0 aromatic heterocycles. The molecule has 0 spiro atoms. The third kappa shape index (κ3) is 3.41. The van der Waals surface area contributed by atoms with Crippen molar-refractivity contribution in [3.8, 4) is 11.5 Å². The van der Waals surface area contributed by atoms with E-state index in [1.54, 1.807) is 18.2 Å². The summed E-state index contributed by atoms with van der Waals surface area (Å²) in [7, 11) is 0. The molecule has 2 nitrogen and oxygen atoms in total. The standard InChI is InChI=1S/C19H16ClNO/c20-16-10-11-19(17(21)13-16)22-18-9-5-4-8-15(18)12-14-6-2-1-3-7-14/h1-11,13H,12,21H2. The van der Waals surface area contributed by atoms with Crippen LogP contribution in [0, 0.1) is 0 Å². The van der Waals surface area contributed by atoms with Crippen LogP contribution in [0.25, 0.3) is 0 Å². The number of ether oxygens (including phenoxy) is 1. The summed E-state index contributed by atoms with van der Waals surface area (Å²) < 4.78 is 5.98. The van der Waals surface area contributed by atoms with Crippen LogP contribution in [0.1, 0.15) is 11.1 Å². The maximum absolute atomic E-state index is 5.98. The van der Waals surface area contributed by atoms with E-state index in [1.165, 1.54) is 5.56 Å². The largest absolute Gasteiger partial charge is 0.455 e. The molecule has 3 aromatic carbocycles. The second-order valence-corrected chi connectivity index (χ2v) is 5.49. The van der Waals surface area contributed by atoms with Gasteiger partial charge in [0.05, 0.1) is 5.69 Å². The minimum absolute atomic E-state index is 0.530. The third-order valence-corrected chi connectivity index (χ3v) is 3.64. The summed E-state index contributed by atoms with van der Waals surface area (Å²) in [5.74, 6) is 1.42. The Morgan fingerprint density at radius 2 is 1.55 bits per heavy atom. The van der Waals surface area contributed by atoms with Crippen LogP contribution in [-0.2, 0) is 6.42 Å². The lowest BCUT2D eigenvalue weighted by Crippen LogP contribution is -1.96. The van der Waals surface area contributed by atoms with Gasteiger partial charge in [-0.2, -0.15) is 0 Å². The lowest BCUT2D eigenvalue weighted by Gasteiger charge is -2.13. The van der Waals surface area contributed by atoms with Gasteiger partial charge in [-0.25, -0.2) is 0 Å². The van der Waals surface area contributed by atoms with Gasteiger partial charge in [-0.05, 0) is 35.4 Å². The maximum atomic E-state index is 5.98. The first-order valence-corrected chi connectivity index (χ1v) is 7.45. The van der Waals surface area contributed by atoms with Crippen molar-refractivity contribution >= 4 is 17.3 Å². The topological polar surface area (TPSA) is 35.2 Å². The van der Waals surface area contributed by atoms with Gasteiger partial charge in [0.1, 0.15) is 11.5 Å². The van der Waals surface area contributed by atoms with E-state index in [0.29, 0.717) is 16.5 Å². The lowest BCUT2D eigenvalue weighted by molar-refractivity contribution is 0.480. The fourth-order valence-electron chi connectivity index (χ4n) is 2.30. The first-order valence-electron chi connectivity index (χ1n) is 7.07. The number of rotatable bonds is 4. The molecule has 22 heavy (non-hydrogen) atoms. The molecule has 0 aliphatic rings. The van der Waals surface area contributed by atoms with Gasteiger partial charge in [0.2, 0.25) is 0 Å². The Labute approximate surface area is 135 Å². The molecule has 0 saturated heterocycles. The first-order chi connectivity index (χ1) is 10.7. The number of hydrogen-bond acceptors (Lipinski definition) is 2. The van der Waals surface area contributed by atoms with Crippen LogP contribution >= 0.6 is 11.6 Å². The Kier molecular flexibility index (Phi) is 4.31. The van der Waals surface area contributed by atoms with Gasteiger partial charge in [-0.3, -0.25) is 0 Å². The quantitative estimate of drug-likeness (QED) is 0.663. The van der Waals surface area contributed by atoms with Crippen molar-refractivity contribution in [1.29, 1.82) is 0 Å². The van der Waals surface area contributed by atoms with Crippen LogP contribution in [0.2, 0.25) is 5.02 Å². The fourth-order valence-corrected chi connectivity index (χ4v) is 2.48. The number of hydrogen-bond donors (Lipinski definition) is 1. The summed E-state index contributed by atoms with van der Waals surface area (Å²) in [6.45, 7) is 0. The molecule has 0 bridgehead atoms. The summed E-state index contributed by atoms with van der Waals surface area (Å²) in [6, 6.07) is 23.5. The van der Waals surface area contributed by atoms with Crippen molar-refractivity contribution in [2.75, 3.05) is 5.73 Å². The molecule has 3 rings (SSSR count). The number of benzene rings is 3. The molecule has 0 aliphatic heterocycles. The highest BCUT2D eigenvalue weighted by Crippen LogP contribution is 2.32. The molecular formula is C19H16ClNO. The molecule has 0 amide bonds. The first kappa shape index (κ1) is 14.5. The van der Waals surface area contributed by atoms with E-state index in [2.05, 4.69) is 18.2 Å². The van der Waals surface area contributed by atoms with Gasteiger partial charge in [-0.1, -0.05) is 60.1 Å². The van der Waals surface area contributed by atoms with Crippen molar-refractivity contribution in [3.63, 3.8) is 0 Å². The zero-order valence-corrected chi connectivity index (χ0v) is 12.8. The molecule has 3 heteroatoms. The Morgan fingerprint density at radius 1 is 0.818 bits per heavy atom. The molecule has 2 N–H and O–H groups in total. The van der Waals surface area contributed by atoms with Gasteiger partial charge in [0.25, 0.3) is 0 Å². The SMILES string of the molecule is Nc1cc(Cl)ccc1Oc1ccccc1Cc1ccccc1. The van der Waals surface area contributed by atoms with Crippen LogP contribution in [-0.4, -0.2) is 0 Å². The maximum Gasteiger partial charge on any atom is 0.150 e. The molecule has 3 aromatic rings. The monoisotopic (exact) mass is 309 g/mol. The van der Waals surface area contributed by atoms with Gasteiger partial charge < -0.3 is 10.5 Å². The van der Waals surface area contributed by atoms with Gasteiger partial charge in [0, 0.05) is 11.4 Å². The lowest BCUT2D eigenvalue weighted by atomic mass is 10.0. The fraction of sp³-hybridized carbons (Fsp3) is 0.0526. The van der Waals surface area contributed by atoms with Gasteiger partial charge in [-0.15, -0.1) is 0 Å². The normalized spacial score (nSPS) is 10.4. The van der Waals surface area contributed by atoms with E-state index in [4.69, 9.17) is 22.1 Å². The molecule has 0 fully saturated rings. The van der Waals surface area contributed by atoms with Crippen molar-refractivity contribution in [2.24, 2.45) is 0 Å². The Morgan fingerprint density at radius 3 is 2.32 bits per heavy atom. The molecule has 0 atom stereocenters. The summed E-state index contributed by atoms with van der Waals surface area (Å²) in [5, 5.41) is 0.599. The second-order valence-electron chi connectivity index (χ2n) is 5.05. The Bertz CT molecular complexity index is 771. The highest BCUT2D eigenvalue weighted by atomic mass is 35.5. The van der Waals surface area contributed by atoms with Crippen molar-refractivity contribution in [3.05, 3.63) is 88.9 Å². The molecule has 110 valence electrons. The Hall–Kier alpha value is -2.45. The minimum Gasteiger partial charge on any atom is -0.455 e. The summed E-state index contributed by atoms with van der Waals surface area (Å²) in [6.07, 6.45) is 0.810. The zero-order valence-electron chi connectivity index (χ0n) is 12.0. The van der Waals surface area contributed by atoms with Gasteiger partial charge >= 0.3 is 0 Å². The van der Waals surface area contributed by atoms with Crippen LogP contribution < -0.4 is 10.5 Å². The summed E-state index contributed by atoms with van der Waals surface area (Å²) in [5.41, 5.74) is 8.84. The van der Waals surface area contributed by atoms with Crippen molar-refractivity contribution in [1.82, 2.24) is 0 Å². The predicted octanol–water partition coefficient (Wildman–Crippen LogP) is 5.31. The molecule has 0 unspecified atom stereocenters. The van der Waals surface area contributed by atoms with Crippen molar-refractivity contribution < 1.29 is 4.74 Å². The zero-order chi connectivity index (χ0) is 15.4. The second kappa shape index (κ2) is 6.54. The number of halogens is 1. The van der Waals surface area contributed by atoms with Crippen molar-refractivity contribution in [2.45, 2.75) is 6.42 Å². The molecule has 0 saturated carbocycles. The van der Waals surface area contributed by atoms with Crippen LogP contribution in [0.3, 0.4) is 0 Å². The molecular weight excluding hydrogens is 294 g/mol. The van der Waals surface area contributed by atoms with E-state index in [1.807, 2.05) is 36.4 Å². The average molecular weight is 310 g/mol. The van der Waals surface area contributed by atoms with Crippen LogP contribution in [0.15, 0.2) is 72.8 Å². The Balaban J connectivity index is 1.88. The van der Waals surface area contributed by atoms with E-state index in [9.17, 15) is 0 Å². The number of anilines is 1. The molecule has 0 heterocycles. The highest BCUT2D eigenvalue weighted by molar-refractivity contribution is 6.30. The van der Waals surface area contributed by atoms with Crippen LogP contribution in [0.4, 0.5) is 5.69 Å². The van der Waals surface area contributed by atoms with Gasteiger partial charge in [0.15, 0.2) is 0 Å². The number of nitrogens with two attached hydrogens (primary N) is 1. The summed E-state index contributed by atoms with van der Waals surface area (Å²) >= 11 is 5.92. The minimum atomic E-state index is 0.530. The third-order valence-electron chi connectivity index (χ3n) is 3.40. The van der Waals surface area contributed by atoms with E-state index >= 15 is 0 Å². The number of para-hydroxylation sites is 1. The predicted molar refractivity (Wildman–Crippen MR) is 91.6 cm³/mol. The average Bonchev–Trinajstić information content (AvgIpc) is 2.53. The van der Waals surface area contributed by atoms with E-state index in [-0.39, 0.29) is 0 Å². The molecule has 0 radical (unpaired) electrons. The number of nitrogen functional groups attached to an aromatic ring is 1.